The molecule has 1 aromatic carbocycles. The lowest BCUT2D eigenvalue weighted by molar-refractivity contribution is 0.0633. The van der Waals surface area contributed by atoms with E-state index < -0.39 is 0 Å². The summed E-state index contributed by atoms with van der Waals surface area (Å²) in [7, 11) is 0. The van der Waals surface area contributed by atoms with Gasteiger partial charge < -0.3 is 9.88 Å². The molecule has 5 rings (SSSR count). The van der Waals surface area contributed by atoms with E-state index >= 15 is 0 Å². The van der Waals surface area contributed by atoms with Gasteiger partial charge in [-0.15, -0.1) is 0 Å². The molecule has 31 heavy (non-hydrogen) atoms. The lowest BCUT2D eigenvalue weighted by Crippen LogP contribution is -2.48. The number of nitriles is 1. The molecular weight excluding hydrogens is 390 g/mol. The topological polar surface area (TPSA) is 103 Å². The molecule has 0 saturated carbocycles. The molecule has 0 bridgehead atoms. The van der Waals surface area contributed by atoms with Crippen molar-refractivity contribution in [2.75, 3.05) is 13.1 Å². The van der Waals surface area contributed by atoms with Crippen molar-refractivity contribution in [1.82, 2.24) is 19.9 Å². The van der Waals surface area contributed by atoms with Crippen molar-refractivity contribution in [3.05, 3.63) is 81.5 Å². The fraction of sp³-hybridized carbons (Fsp3) is 0.292. The number of nitrogens with zero attached hydrogens (tertiary/aromatic N) is 4. The smallest absolute Gasteiger partial charge is 0.254 e. The third kappa shape index (κ3) is 3.30. The molecule has 1 unspecified atom stereocenters. The van der Waals surface area contributed by atoms with Gasteiger partial charge in [-0.1, -0.05) is 6.07 Å². The maximum Gasteiger partial charge on any atom is 0.254 e. The minimum Gasteiger partial charge on any atom is -0.338 e. The molecule has 7 heteroatoms. The molecule has 1 atom stereocenters. The molecule has 1 aliphatic carbocycles. The molecule has 1 spiro atoms. The average Bonchev–Trinajstić information content (AvgIpc) is 3.17. The first-order valence-electron chi connectivity index (χ1n) is 10.4. The fourth-order valence-corrected chi connectivity index (χ4v) is 4.90. The van der Waals surface area contributed by atoms with Crippen LogP contribution in [-0.2, 0) is 11.8 Å². The van der Waals surface area contributed by atoms with Crippen molar-refractivity contribution in [3.63, 3.8) is 0 Å². The van der Waals surface area contributed by atoms with Gasteiger partial charge in [0.1, 0.15) is 5.82 Å². The Kier molecular flexibility index (Phi) is 4.63. The first-order valence-corrected chi connectivity index (χ1v) is 10.4. The molecule has 1 amide bonds. The van der Waals surface area contributed by atoms with Crippen molar-refractivity contribution in [1.29, 1.82) is 5.26 Å². The van der Waals surface area contributed by atoms with Crippen molar-refractivity contribution in [3.8, 4) is 17.5 Å². The lowest BCUT2D eigenvalue weighted by Gasteiger charge is -2.40. The summed E-state index contributed by atoms with van der Waals surface area (Å²) >= 11 is 0. The highest BCUT2D eigenvalue weighted by atomic mass is 16.2. The average molecular weight is 411 g/mol. The number of aromatic nitrogens is 3. The number of rotatable bonds is 2. The standard InChI is InChI=1S/C24H21N5O2/c25-13-16-4-1-5-17(12-16)23(31)29-11-3-8-24(15-29)9-7-19-20(24)27-21(28-22(19)30)18-6-2-10-26-14-18/h1-2,4-6,10,12,14H,3,7-9,11,15H2,(H,27,28,30). The zero-order valence-electron chi connectivity index (χ0n) is 17.0. The summed E-state index contributed by atoms with van der Waals surface area (Å²) in [6.07, 6.45) is 6.58. The van der Waals surface area contributed by atoms with E-state index in [9.17, 15) is 9.59 Å². The van der Waals surface area contributed by atoms with Crippen LogP contribution >= 0.6 is 0 Å². The van der Waals surface area contributed by atoms with E-state index in [0.717, 1.165) is 36.1 Å². The molecule has 2 aliphatic rings. The predicted molar refractivity (Wildman–Crippen MR) is 114 cm³/mol. The second kappa shape index (κ2) is 7.47. The second-order valence-corrected chi connectivity index (χ2v) is 8.29. The van der Waals surface area contributed by atoms with Gasteiger partial charge in [0.2, 0.25) is 0 Å². The van der Waals surface area contributed by atoms with Crippen molar-refractivity contribution < 1.29 is 4.79 Å². The molecule has 3 aromatic rings. The van der Waals surface area contributed by atoms with E-state index in [1.54, 1.807) is 36.7 Å². The van der Waals surface area contributed by atoms with Crippen LogP contribution in [-0.4, -0.2) is 38.8 Å². The maximum atomic E-state index is 13.2. The molecule has 3 heterocycles. The Morgan fingerprint density at radius 1 is 1.23 bits per heavy atom. The van der Waals surface area contributed by atoms with E-state index in [4.69, 9.17) is 10.2 Å². The van der Waals surface area contributed by atoms with Gasteiger partial charge in [0.15, 0.2) is 0 Å². The molecule has 7 nitrogen and oxygen atoms in total. The lowest BCUT2D eigenvalue weighted by atomic mass is 9.77. The molecular formula is C24H21N5O2. The van der Waals surface area contributed by atoms with Crippen LogP contribution in [0.15, 0.2) is 53.6 Å². The molecule has 1 N–H and O–H groups in total. The van der Waals surface area contributed by atoms with E-state index in [1.807, 2.05) is 17.0 Å². The van der Waals surface area contributed by atoms with E-state index in [1.165, 1.54) is 0 Å². The van der Waals surface area contributed by atoms with Gasteiger partial charge in [-0.3, -0.25) is 14.6 Å². The Hall–Kier alpha value is -3.79. The fourth-order valence-electron chi connectivity index (χ4n) is 4.90. The third-order valence-electron chi connectivity index (χ3n) is 6.41. The largest absolute Gasteiger partial charge is 0.338 e. The molecule has 1 fully saturated rings. The third-order valence-corrected chi connectivity index (χ3v) is 6.41. The van der Waals surface area contributed by atoms with Gasteiger partial charge in [0.05, 0.1) is 17.3 Å². The molecule has 0 radical (unpaired) electrons. The Balaban J connectivity index is 1.51. The number of hydrogen-bond donors (Lipinski definition) is 1. The number of fused-ring (bicyclic) bond motifs is 2. The van der Waals surface area contributed by atoms with Crippen LogP contribution < -0.4 is 5.56 Å². The number of pyridine rings is 1. The second-order valence-electron chi connectivity index (χ2n) is 8.29. The number of nitrogens with one attached hydrogen (secondary N) is 1. The van der Waals surface area contributed by atoms with Crippen LogP contribution in [0.1, 0.15) is 46.4 Å². The minimum absolute atomic E-state index is 0.0815. The normalized spacial score (nSPS) is 19.8. The van der Waals surface area contributed by atoms with Gasteiger partial charge >= 0.3 is 0 Å². The van der Waals surface area contributed by atoms with Gasteiger partial charge in [-0.2, -0.15) is 5.26 Å². The number of likely N-dealkylation sites (tertiary alicyclic amines) is 1. The Morgan fingerprint density at radius 3 is 2.94 bits per heavy atom. The zero-order chi connectivity index (χ0) is 21.4. The summed E-state index contributed by atoms with van der Waals surface area (Å²) in [4.78, 5) is 39.8. The van der Waals surface area contributed by atoms with Gasteiger partial charge in [-0.25, -0.2) is 4.98 Å². The first-order chi connectivity index (χ1) is 15.1. The van der Waals surface area contributed by atoms with Crippen LogP contribution in [0.25, 0.3) is 11.4 Å². The zero-order valence-corrected chi connectivity index (χ0v) is 17.0. The first kappa shape index (κ1) is 19.2. The van der Waals surface area contributed by atoms with Crippen molar-refractivity contribution >= 4 is 5.91 Å². The Bertz CT molecular complexity index is 1260. The van der Waals surface area contributed by atoms with Crippen molar-refractivity contribution in [2.24, 2.45) is 0 Å². The highest BCUT2D eigenvalue weighted by Gasteiger charge is 2.45. The number of carbonyl (C=O) groups excluding carboxylic acids is 1. The van der Waals surface area contributed by atoms with E-state index in [-0.39, 0.29) is 16.9 Å². The van der Waals surface area contributed by atoms with Crippen molar-refractivity contribution in [2.45, 2.75) is 31.1 Å². The van der Waals surface area contributed by atoms with Crippen LogP contribution in [0.2, 0.25) is 0 Å². The number of carbonyl (C=O) groups is 1. The predicted octanol–water partition coefficient (Wildman–Crippen LogP) is 2.82. The summed E-state index contributed by atoms with van der Waals surface area (Å²) in [5.41, 5.74) is 2.88. The Morgan fingerprint density at radius 2 is 2.13 bits per heavy atom. The van der Waals surface area contributed by atoms with Crippen LogP contribution in [0.4, 0.5) is 0 Å². The van der Waals surface area contributed by atoms with Crippen LogP contribution in [0, 0.1) is 11.3 Å². The van der Waals surface area contributed by atoms with Gasteiger partial charge in [-0.05, 0) is 56.0 Å². The highest BCUT2D eigenvalue weighted by Crippen LogP contribution is 2.43. The van der Waals surface area contributed by atoms with E-state index in [2.05, 4.69) is 16.0 Å². The summed E-state index contributed by atoms with van der Waals surface area (Å²) in [5.74, 6) is 0.435. The summed E-state index contributed by atoms with van der Waals surface area (Å²) in [5, 5.41) is 9.16. The molecule has 1 aliphatic heterocycles. The number of H-pyrrole nitrogens is 1. The van der Waals surface area contributed by atoms with Crippen LogP contribution in [0.3, 0.4) is 0 Å². The van der Waals surface area contributed by atoms with E-state index in [0.29, 0.717) is 36.5 Å². The Labute approximate surface area is 179 Å². The molecule has 2 aromatic heterocycles. The summed E-state index contributed by atoms with van der Waals surface area (Å²) in [6, 6.07) is 12.6. The highest BCUT2D eigenvalue weighted by molar-refractivity contribution is 5.94. The quantitative estimate of drug-likeness (QED) is 0.698. The van der Waals surface area contributed by atoms with Crippen LogP contribution in [0.5, 0.6) is 0 Å². The maximum absolute atomic E-state index is 13.2. The van der Waals surface area contributed by atoms with Gasteiger partial charge in [0, 0.05) is 47.6 Å². The summed E-state index contributed by atoms with van der Waals surface area (Å²) < 4.78 is 0. The number of piperidine rings is 1. The molecule has 1 saturated heterocycles. The number of benzene rings is 1. The number of aromatic amines is 1. The minimum atomic E-state index is -0.318. The SMILES string of the molecule is N#Cc1cccc(C(=O)N2CCCC3(CCc4c3nc(-c3cccnc3)[nH]c4=O)C2)c1. The summed E-state index contributed by atoms with van der Waals surface area (Å²) in [6.45, 7) is 1.18. The monoisotopic (exact) mass is 411 g/mol. The molecule has 154 valence electrons. The number of hydrogen-bond acceptors (Lipinski definition) is 5. The van der Waals surface area contributed by atoms with Gasteiger partial charge in [0.25, 0.3) is 11.5 Å². The number of amides is 1.